The summed E-state index contributed by atoms with van der Waals surface area (Å²) in [6, 6.07) is 12.0. The maximum Gasteiger partial charge on any atom is 0.130 e. The van der Waals surface area contributed by atoms with Gasteiger partial charge in [0.15, 0.2) is 0 Å². The quantitative estimate of drug-likeness (QED) is 0.918. The summed E-state index contributed by atoms with van der Waals surface area (Å²) in [6.07, 6.45) is 1.12. The van der Waals surface area contributed by atoms with E-state index in [-0.39, 0.29) is 0 Å². The molecule has 1 fully saturated rings. The van der Waals surface area contributed by atoms with Crippen LogP contribution >= 0.6 is 0 Å². The Hall–Kier alpha value is -2.12. The molecular formula is C17H20N4. The Bertz CT molecular complexity index is 689. The number of nitrogens with two attached hydrogens (primary N) is 1. The van der Waals surface area contributed by atoms with Gasteiger partial charge in [0.25, 0.3) is 0 Å². The lowest BCUT2D eigenvalue weighted by atomic mass is 9.87. The summed E-state index contributed by atoms with van der Waals surface area (Å²) in [5.74, 6) is 2.05. The monoisotopic (exact) mass is 280 g/mol. The highest BCUT2D eigenvalue weighted by molar-refractivity contribution is 5.86. The average Bonchev–Trinajstić information content (AvgIpc) is 2.54. The SMILES string of the molecule is CC1CCN(c2cc(C#N)c3ccccc3n2)CC1CN. The van der Waals surface area contributed by atoms with Crippen LogP contribution in [0.15, 0.2) is 30.3 Å². The van der Waals surface area contributed by atoms with Crippen molar-refractivity contribution >= 4 is 16.7 Å². The number of nitrogens with zero attached hydrogens (tertiary/aromatic N) is 3. The zero-order valence-corrected chi connectivity index (χ0v) is 12.3. The van der Waals surface area contributed by atoms with Crippen molar-refractivity contribution in [2.75, 3.05) is 24.5 Å². The van der Waals surface area contributed by atoms with Crippen LogP contribution in [0, 0.1) is 23.2 Å². The number of rotatable bonds is 2. The lowest BCUT2D eigenvalue weighted by Gasteiger charge is -2.37. The fraction of sp³-hybridized carbons (Fsp3) is 0.412. The molecule has 1 aliphatic heterocycles. The average molecular weight is 280 g/mol. The first-order valence-electron chi connectivity index (χ1n) is 7.48. The number of anilines is 1. The van der Waals surface area contributed by atoms with E-state index in [0.717, 1.165) is 36.2 Å². The predicted octanol–water partition coefficient (Wildman–Crippen LogP) is 2.53. The van der Waals surface area contributed by atoms with E-state index in [0.29, 0.717) is 23.9 Å². The van der Waals surface area contributed by atoms with Crippen molar-refractivity contribution in [2.24, 2.45) is 17.6 Å². The molecular weight excluding hydrogens is 260 g/mol. The van der Waals surface area contributed by atoms with E-state index < -0.39 is 0 Å². The summed E-state index contributed by atoms with van der Waals surface area (Å²) in [4.78, 5) is 7.00. The van der Waals surface area contributed by atoms with Crippen molar-refractivity contribution in [3.05, 3.63) is 35.9 Å². The number of piperidine rings is 1. The van der Waals surface area contributed by atoms with Gasteiger partial charge in [0.05, 0.1) is 17.1 Å². The highest BCUT2D eigenvalue weighted by Gasteiger charge is 2.26. The van der Waals surface area contributed by atoms with Crippen LogP contribution in [-0.2, 0) is 0 Å². The van der Waals surface area contributed by atoms with E-state index in [1.807, 2.05) is 30.3 Å². The van der Waals surface area contributed by atoms with E-state index in [1.165, 1.54) is 0 Å². The second kappa shape index (κ2) is 5.71. The number of benzene rings is 1. The Kier molecular flexibility index (Phi) is 3.76. The van der Waals surface area contributed by atoms with Gasteiger partial charge in [-0.05, 0) is 36.9 Å². The minimum Gasteiger partial charge on any atom is -0.356 e. The van der Waals surface area contributed by atoms with Gasteiger partial charge in [0.1, 0.15) is 5.82 Å². The maximum absolute atomic E-state index is 9.38. The summed E-state index contributed by atoms with van der Waals surface area (Å²) in [5, 5.41) is 10.3. The molecule has 0 radical (unpaired) electrons. The van der Waals surface area contributed by atoms with E-state index in [9.17, 15) is 5.26 Å². The fourth-order valence-corrected chi connectivity index (χ4v) is 3.08. The molecule has 2 aromatic rings. The Morgan fingerprint density at radius 2 is 2.24 bits per heavy atom. The second-order valence-electron chi connectivity index (χ2n) is 5.86. The van der Waals surface area contributed by atoms with Gasteiger partial charge < -0.3 is 10.6 Å². The second-order valence-corrected chi connectivity index (χ2v) is 5.86. The minimum atomic E-state index is 0.498. The first-order chi connectivity index (χ1) is 10.2. The van der Waals surface area contributed by atoms with Crippen LogP contribution in [-0.4, -0.2) is 24.6 Å². The Morgan fingerprint density at radius 1 is 1.43 bits per heavy atom. The summed E-state index contributed by atoms with van der Waals surface area (Å²) >= 11 is 0. The number of pyridine rings is 1. The molecule has 0 spiro atoms. The zero-order valence-electron chi connectivity index (χ0n) is 12.3. The van der Waals surface area contributed by atoms with Gasteiger partial charge in [-0.3, -0.25) is 0 Å². The number of nitriles is 1. The summed E-state index contributed by atoms with van der Waals surface area (Å²) in [6.45, 7) is 4.88. The van der Waals surface area contributed by atoms with Gasteiger partial charge in [-0.25, -0.2) is 4.98 Å². The molecule has 1 aromatic carbocycles. The number of aromatic nitrogens is 1. The smallest absolute Gasteiger partial charge is 0.130 e. The molecule has 2 atom stereocenters. The van der Waals surface area contributed by atoms with Crippen LogP contribution < -0.4 is 10.6 Å². The molecule has 4 heteroatoms. The summed E-state index contributed by atoms with van der Waals surface area (Å²) < 4.78 is 0. The molecule has 1 aliphatic rings. The van der Waals surface area contributed by atoms with Gasteiger partial charge in [-0.2, -0.15) is 5.26 Å². The van der Waals surface area contributed by atoms with Gasteiger partial charge >= 0.3 is 0 Å². The van der Waals surface area contributed by atoms with Gasteiger partial charge in [0.2, 0.25) is 0 Å². The van der Waals surface area contributed by atoms with Gasteiger partial charge in [-0.15, -0.1) is 0 Å². The first kappa shape index (κ1) is 13.8. The molecule has 0 saturated carbocycles. The molecule has 0 amide bonds. The van der Waals surface area contributed by atoms with Crippen molar-refractivity contribution < 1.29 is 0 Å². The van der Waals surface area contributed by atoms with E-state index in [1.54, 1.807) is 0 Å². The first-order valence-corrected chi connectivity index (χ1v) is 7.48. The third kappa shape index (κ3) is 2.57. The van der Waals surface area contributed by atoms with E-state index in [4.69, 9.17) is 10.7 Å². The fourth-order valence-electron chi connectivity index (χ4n) is 3.08. The van der Waals surface area contributed by atoms with Crippen LogP contribution in [0.1, 0.15) is 18.9 Å². The van der Waals surface area contributed by atoms with Crippen molar-refractivity contribution in [1.82, 2.24) is 4.98 Å². The van der Waals surface area contributed by atoms with Crippen molar-refractivity contribution in [1.29, 1.82) is 5.26 Å². The molecule has 4 nitrogen and oxygen atoms in total. The molecule has 2 N–H and O–H groups in total. The predicted molar refractivity (Wildman–Crippen MR) is 85.0 cm³/mol. The third-order valence-corrected chi connectivity index (χ3v) is 4.56. The van der Waals surface area contributed by atoms with Crippen LogP contribution in [0.4, 0.5) is 5.82 Å². The van der Waals surface area contributed by atoms with Gasteiger partial charge in [0, 0.05) is 18.5 Å². The highest BCUT2D eigenvalue weighted by Crippen LogP contribution is 2.28. The molecule has 0 bridgehead atoms. The highest BCUT2D eigenvalue weighted by atomic mass is 15.2. The van der Waals surface area contributed by atoms with E-state index >= 15 is 0 Å². The van der Waals surface area contributed by atoms with Crippen LogP contribution in [0.25, 0.3) is 10.9 Å². The lowest BCUT2D eigenvalue weighted by molar-refractivity contribution is 0.307. The maximum atomic E-state index is 9.38. The Morgan fingerprint density at radius 3 is 3.00 bits per heavy atom. The molecule has 1 saturated heterocycles. The molecule has 0 aliphatic carbocycles. The molecule has 1 aromatic heterocycles. The molecule has 2 heterocycles. The van der Waals surface area contributed by atoms with Crippen molar-refractivity contribution in [3.8, 4) is 6.07 Å². The van der Waals surface area contributed by atoms with E-state index in [2.05, 4.69) is 17.9 Å². The number of hydrogen-bond donors (Lipinski definition) is 1. The van der Waals surface area contributed by atoms with Crippen molar-refractivity contribution in [3.63, 3.8) is 0 Å². The number of hydrogen-bond acceptors (Lipinski definition) is 4. The largest absolute Gasteiger partial charge is 0.356 e. The number of fused-ring (bicyclic) bond motifs is 1. The molecule has 3 rings (SSSR count). The standard InChI is InChI=1S/C17H20N4/c1-12-6-7-21(11-14(12)10-19)17-8-13(9-18)15-4-2-3-5-16(15)20-17/h2-5,8,12,14H,6-7,10-11,19H2,1H3. The normalized spacial score (nSPS) is 22.2. The summed E-state index contributed by atoms with van der Waals surface area (Å²) in [5.41, 5.74) is 7.46. The molecule has 108 valence electrons. The third-order valence-electron chi connectivity index (χ3n) is 4.56. The Balaban J connectivity index is 1.99. The van der Waals surface area contributed by atoms with Crippen molar-refractivity contribution in [2.45, 2.75) is 13.3 Å². The molecule has 2 unspecified atom stereocenters. The topological polar surface area (TPSA) is 65.9 Å². The van der Waals surface area contributed by atoms with Crippen LogP contribution in [0.2, 0.25) is 0 Å². The minimum absolute atomic E-state index is 0.498. The van der Waals surface area contributed by atoms with Crippen LogP contribution in [0.3, 0.4) is 0 Å². The summed E-state index contributed by atoms with van der Waals surface area (Å²) in [7, 11) is 0. The lowest BCUT2D eigenvalue weighted by Crippen LogP contribution is -2.43. The molecule has 21 heavy (non-hydrogen) atoms. The number of para-hydroxylation sites is 1. The Labute approximate surface area is 125 Å². The zero-order chi connectivity index (χ0) is 14.8. The van der Waals surface area contributed by atoms with Crippen LogP contribution in [0.5, 0.6) is 0 Å². The van der Waals surface area contributed by atoms with Gasteiger partial charge in [-0.1, -0.05) is 25.1 Å².